The lowest BCUT2D eigenvalue weighted by Crippen LogP contribution is -2.44. The summed E-state index contributed by atoms with van der Waals surface area (Å²) in [6, 6.07) is 0.847. The molecule has 0 aromatic carbocycles. The van der Waals surface area contributed by atoms with E-state index in [1.807, 2.05) is 0 Å². The van der Waals surface area contributed by atoms with E-state index in [1.54, 1.807) is 7.05 Å². The molecule has 2 aliphatic carbocycles. The van der Waals surface area contributed by atoms with E-state index in [-0.39, 0.29) is 18.4 Å². The molecule has 0 heterocycles. The fourth-order valence-corrected chi connectivity index (χ4v) is 2.30. The number of nitrogens with zero attached hydrogens (tertiary/aromatic N) is 1. The molecular formula is C13H23N3O2. The molecule has 5 heteroatoms. The Hall–Kier alpha value is -1.10. The second-order valence-corrected chi connectivity index (χ2v) is 5.45. The number of hydrogen-bond donors (Lipinski definition) is 2. The van der Waals surface area contributed by atoms with Gasteiger partial charge in [-0.3, -0.25) is 9.59 Å². The first-order valence-corrected chi connectivity index (χ1v) is 6.92. The SMILES string of the molecule is CN(CC(=O)NC1CC1)C(=O)CNC1CCCC1. The first kappa shape index (κ1) is 13.3. The van der Waals surface area contributed by atoms with E-state index >= 15 is 0 Å². The minimum atomic E-state index is -0.0470. The summed E-state index contributed by atoms with van der Waals surface area (Å²) in [6.45, 7) is 0.513. The molecule has 0 unspecified atom stereocenters. The molecule has 0 saturated heterocycles. The highest BCUT2D eigenvalue weighted by molar-refractivity contribution is 5.85. The summed E-state index contributed by atoms with van der Waals surface area (Å²) in [4.78, 5) is 24.9. The highest BCUT2D eigenvalue weighted by atomic mass is 16.2. The second kappa shape index (κ2) is 6.18. The van der Waals surface area contributed by atoms with Crippen molar-refractivity contribution in [1.29, 1.82) is 0 Å². The molecule has 0 aromatic heterocycles. The topological polar surface area (TPSA) is 61.4 Å². The number of amides is 2. The van der Waals surface area contributed by atoms with Crippen LogP contribution in [0.25, 0.3) is 0 Å². The van der Waals surface area contributed by atoms with Crippen LogP contribution in [0.1, 0.15) is 38.5 Å². The summed E-state index contributed by atoms with van der Waals surface area (Å²) in [7, 11) is 1.69. The van der Waals surface area contributed by atoms with Crippen LogP contribution < -0.4 is 10.6 Å². The van der Waals surface area contributed by atoms with Crippen molar-refractivity contribution in [3.8, 4) is 0 Å². The zero-order chi connectivity index (χ0) is 13.0. The van der Waals surface area contributed by atoms with Gasteiger partial charge in [-0.05, 0) is 25.7 Å². The van der Waals surface area contributed by atoms with Gasteiger partial charge < -0.3 is 15.5 Å². The minimum Gasteiger partial charge on any atom is -0.352 e. The van der Waals surface area contributed by atoms with E-state index in [0.717, 1.165) is 12.8 Å². The van der Waals surface area contributed by atoms with Gasteiger partial charge in [0.05, 0.1) is 13.1 Å². The lowest BCUT2D eigenvalue weighted by atomic mass is 10.2. The molecule has 2 aliphatic rings. The highest BCUT2D eigenvalue weighted by Crippen LogP contribution is 2.18. The third-order valence-corrected chi connectivity index (χ3v) is 3.65. The molecule has 18 heavy (non-hydrogen) atoms. The summed E-state index contributed by atoms with van der Waals surface area (Å²) in [5.74, 6) is -0.0536. The van der Waals surface area contributed by atoms with E-state index in [0.29, 0.717) is 18.6 Å². The Kier molecular flexibility index (Phi) is 4.58. The van der Waals surface area contributed by atoms with Crippen LogP contribution in [0.2, 0.25) is 0 Å². The van der Waals surface area contributed by atoms with Crippen molar-refractivity contribution < 1.29 is 9.59 Å². The number of hydrogen-bond acceptors (Lipinski definition) is 3. The average molecular weight is 253 g/mol. The molecule has 0 spiro atoms. The van der Waals surface area contributed by atoms with Crippen molar-refractivity contribution in [2.24, 2.45) is 0 Å². The number of likely N-dealkylation sites (N-methyl/N-ethyl adjacent to an activating group) is 1. The molecule has 2 rings (SSSR count). The maximum Gasteiger partial charge on any atom is 0.239 e. The Bertz CT molecular complexity index is 309. The molecule has 2 N–H and O–H groups in total. The monoisotopic (exact) mass is 253 g/mol. The third kappa shape index (κ3) is 4.29. The summed E-state index contributed by atoms with van der Waals surface area (Å²) < 4.78 is 0. The van der Waals surface area contributed by atoms with Crippen molar-refractivity contribution in [3.63, 3.8) is 0 Å². The van der Waals surface area contributed by atoms with Crippen LogP contribution in [-0.4, -0.2) is 48.9 Å². The zero-order valence-electron chi connectivity index (χ0n) is 11.1. The Morgan fingerprint density at radius 3 is 2.39 bits per heavy atom. The Morgan fingerprint density at radius 1 is 1.11 bits per heavy atom. The zero-order valence-corrected chi connectivity index (χ0v) is 11.1. The molecule has 5 nitrogen and oxygen atoms in total. The van der Waals surface area contributed by atoms with Gasteiger partial charge in [0.2, 0.25) is 11.8 Å². The van der Waals surface area contributed by atoms with Gasteiger partial charge in [-0.25, -0.2) is 0 Å². The molecule has 2 fully saturated rings. The standard InChI is InChI=1S/C13H23N3O2/c1-16(9-12(17)15-11-6-7-11)13(18)8-14-10-4-2-3-5-10/h10-11,14H,2-9H2,1H3,(H,15,17). The van der Waals surface area contributed by atoms with Crippen molar-refractivity contribution in [1.82, 2.24) is 15.5 Å². The predicted octanol–water partition coefficient (Wildman–Crippen LogP) is 0.256. The number of nitrogens with one attached hydrogen (secondary N) is 2. The van der Waals surface area contributed by atoms with Crippen molar-refractivity contribution in [3.05, 3.63) is 0 Å². The minimum absolute atomic E-state index is 0.00662. The van der Waals surface area contributed by atoms with Crippen LogP contribution in [0, 0.1) is 0 Å². The van der Waals surface area contributed by atoms with Crippen molar-refractivity contribution in [2.45, 2.75) is 50.6 Å². The maximum atomic E-state index is 11.8. The first-order chi connectivity index (χ1) is 8.65. The van der Waals surface area contributed by atoms with Gasteiger partial charge in [-0.2, -0.15) is 0 Å². The summed E-state index contributed by atoms with van der Waals surface area (Å²) >= 11 is 0. The van der Waals surface area contributed by atoms with E-state index in [4.69, 9.17) is 0 Å². The molecule has 2 saturated carbocycles. The van der Waals surface area contributed by atoms with Gasteiger partial charge >= 0.3 is 0 Å². The van der Waals surface area contributed by atoms with Crippen LogP contribution in [-0.2, 0) is 9.59 Å². The fraction of sp³-hybridized carbons (Fsp3) is 0.846. The second-order valence-electron chi connectivity index (χ2n) is 5.45. The van der Waals surface area contributed by atoms with Gasteiger partial charge in [0.1, 0.15) is 0 Å². The molecule has 0 atom stereocenters. The van der Waals surface area contributed by atoms with Crippen LogP contribution in [0.5, 0.6) is 0 Å². The van der Waals surface area contributed by atoms with Crippen LogP contribution >= 0.6 is 0 Å². The summed E-state index contributed by atoms with van der Waals surface area (Å²) in [5.41, 5.74) is 0. The van der Waals surface area contributed by atoms with E-state index < -0.39 is 0 Å². The molecule has 0 radical (unpaired) electrons. The normalized spacial score (nSPS) is 19.8. The lowest BCUT2D eigenvalue weighted by Gasteiger charge is -2.18. The molecule has 0 aromatic rings. The summed E-state index contributed by atoms with van der Waals surface area (Å²) in [6.07, 6.45) is 6.99. The van der Waals surface area contributed by atoms with Gasteiger partial charge in [0.25, 0.3) is 0 Å². The Morgan fingerprint density at radius 2 is 1.78 bits per heavy atom. The van der Waals surface area contributed by atoms with Gasteiger partial charge in [0, 0.05) is 19.1 Å². The van der Waals surface area contributed by atoms with E-state index in [2.05, 4.69) is 10.6 Å². The van der Waals surface area contributed by atoms with Crippen LogP contribution in [0.4, 0.5) is 0 Å². The molecular weight excluding hydrogens is 230 g/mol. The first-order valence-electron chi connectivity index (χ1n) is 6.92. The quantitative estimate of drug-likeness (QED) is 0.713. The van der Waals surface area contributed by atoms with E-state index in [9.17, 15) is 9.59 Å². The largest absolute Gasteiger partial charge is 0.352 e. The van der Waals surface area contributed by atoms with Crippen LogP contribution in [0.3, 0.4) is 0 Å². The van der Waals surface area contributed by atoms with Crippen molar-refractivity contribution >= 4 is 11.8 Å². The molecule has 0 aliphatic heterocycles. The van der Waals surface area contributed by atoms with Gasteiger partial charge in [-0.1, -0.05) is 12.8 Å². The fourth-order valence-electron chi connectivity index (χ4n) is 2.30. The van der Waals surface area contributed by atoms with Crippen molar-refractivity contribution in [2.75, 3.05) is 20.1 Å². The lowest BCUT2D eigenvalue weighted by molar-refractivity contribution is -0.134. The maximum absolute atomic E-state index is 11.8. The van der Waals surface area contributed by atoms with E-state index in [1.165, 1.54) is 30.6 Å². The molecule has 102 valence electrons. The number of carbonyl (C=O) groups is 2. The molecule has 2 amide bonds. The highest BCUT2D eigenvalue weighted by Gasteiger charge is 2.24. The number of rotatable bonds is 6. The third-order valence-electron chi connectivity index (χ3n) is 3.65. The average Bonchev–Trinajstić information content (AvgIpc) is 2.98. The van der Waals surface area contributed by atoms with Gasteiger partial charge in [0.15, 0.2) is 0 Å². The Labute approximate surface area is 108 Å². The van der Waals surface area contributed by atoms with Gasteiger partial charge in [-0.15, -0.1) is 0 Å². The smallest absolute Gasteiger partial charge is 0.239 e. The number of carbonyl (C=O) groups excluding carboxylic acids is 2. The Balaban J connectivity index is 1.62. The summed E-state index contributed by atoms with van der Waals surface area (Å²) in [5, 5.41) is 6.15. The predicted molar refractivity (Wildman–Crippen MR) is 69.1 cm³/mol. The molecule has 0 bridgehead atoms. The van der Waals surface area contributed by atoms with Crippen LogP contribution in [0.15, 0.2) is 0 Å².